The summed E-state index contributed by atoms with van der Waals surface area (Å²) in [5.74, 6) is 2.12. The zero-order valence-electron chi connectivity index (χ0n) is 23.6. The minimum absolute atomic E-state index is 0.0248. The van der Waals surface area contributed by atoms with Gasteiger partial charge in [0.1, 0.15) is 23.1 Å². The fourth-order valence-electron chi connectivity index (χ4n) is 4.37. The molecule has 0 aromatic heterocycles. The van der Waals surface area contributed by atoms with Crippen molar-refractivity contribution in [2.75, 3.05) is 26.9 Å². The minimum Gasteiger partial charge on any atom is -0.493 e. The summed E-state index contributed by atoms with van der Waals surface area (Å²) in [6.07, 6.45) is 0.915. The van der Waals surface area contributed by atoms with Gasteiger partial charge in [0, 0.05) is 11.6 Å². The van der Waals surface area contributed by atoms with Gasteiger partial charge in [-0.2, -0.15) is 5.26 Å². The quantitative estimate of drug-likeness (QED) is 0.220. The first kappa shape index (κ1) is 29.2. The molecular weight excluding hydrogens is 524 g/mol. The van der Waals surface area contributed by atoms with E-state index in [1.165, 1.54) is 7.11 Å². The van der Waals surface area contributed by atoms with Gasteiger partial charge in [-0.05, 0) is 55.2 Å². The molecule has 9 heteroatoms. The van der Waals surface area contributed by atoms with Crippen LogP contribution in [0.2, 0.25) is 0 Å². The van der Waals surface area contributed by atoms with Crippen LogP contribution in [0.4, 0.5) is 0 Å². The van der Waals surface area contributed by atoms with Crippen LogP contribution in [0.1, 0.15) is 44.2 Å². The first-order valence-corrected chi connectivity index (χ1v) is 13.4. The van der Waals surface area contributed by atoms with E-state index in [0.29, 0.717) is 53.4 Å². The molecule has 214 valence electrons. The van der Waals surface area contributed by atoms with Crippen LogP contribution in [-0.2, 0) is 4.79 Å². The highest BCUT2D eigenvalue weighted by molar-refractivity contribution is 5.74. The molecule has 0 spiro atoms. The van der Waals surface area contributed by atoms with Gasteiger partial charge in [-0.25, -0.2) is 4.79 Å². The molecule has 3 aromatic rings. The third-order valence-corrected chi connectivity index (χ3v) is 6.39. The summed E-state index contributed by atoms with van der Waals surface area (Å²) in [6.45, 7) is 6.87. The highest BCUT2D eigenvalue weighted by atomic mass is 16.6. The Labute approximate surface area is 240 Å². The smallest absolute Gasteiger partial charge is 0.349 e. The van der Waals surface area contributed by atoms with Gasteiger partial charge in [0.05, 0.1) is 26.2 Å². The van der Waals surface area contributed by atoms with Crippen LogP contribution in [0, 0.1) is 17.2 Å². The number of nitrogens with zero attached hydrogens (tertiary/aromatic N) is 1. The van der Waals surface area contributed by atoms with Crippen molar-refractivity contribution in [2.24, 2.45) is 11.7 Å². The summed E-state index contributed by atoms with van der Waals surface area (Å²) < 4.78 is 33.9. The number of esters is 1. The number of benzene rings is 3. The van der Waals surface area contributed by atoms with Crippen molar-refractivity contribution in [3.63, 3.8) is 0 Å². The summed E-state index contributed by atoms with van der Waals surface area (Å²) >= 11 is 0. The van der Waals surface area contributed by atoms with E-state index in [0.717, 1.165) is 12.0 Å². The Morgan fingerprint density at radius 1 is 1.00 bits per heavy atom. The first-order valence-electron chi connectivity index (χ1n) is 13.4. The molecule has 4 rings (SSSR count). The van der Waals surface area contributed by atoms with Crippen molar-refractivity contribution < 1.29 is 33.2 Å². The molecule has 0 saturated heterocycles. The van der Waals surface area contributed by atoms with Crippen LogP contribution in [0.5, 0.6) is 34.5 Å². The maximum absolute atomic E-state index is 12.5. The molecule has 0 amide bonds. The normalized spacial score (nSPS) is 14.0. The number of hydrogen-bond acceptors (Lipinski definition) is 9. The van der Waals surface area contributed by atoms with E-state index in [1.807, 2.05) is 25.1 Å². The van der Waals surface area contributed by atoms with Crippen molar-refractivity contribution in [3.05, 3.63) is 83.2 Å². The largest absolute Gasteiger partial charge is 0.493 e. The second-order valence-corrected chi connectivity index (χ2v) is 9.71. The average Bonchev–Trinajstić information content (AvgIpc) is 2.96. The number of nitriles is 1. The maximum atomic E-state index is 12.5. The van der Waals surface area contributed by atoms with Crippen LogP contribution in [0.15, 0.2) is 72.1 Å². The average molecular weight is 559 g/mol. The molecule has 0 radical (unpaired) electrons. The molecule has 2 N–H and O–H groups in total. The maximum Gasteiger partial charge on any atom is 0.349 e. The van der Waals surface area contributed by atoms with E-state index < -0.39 is 11.9 Å². The van der Waals surface area contributed by atoms with Gasteiger partial charge in [-0.3, -0.25) is 0 Å². The molecule has 0 fully saturated rings. The zero-order valence-corrected chi connectivity index (χ0v) is 23.6. The summed E-state index contributed by atoms with van der Waals surface area (Å²) in [5.41, 5.74) is 7.92. The summed E-state index contributed by atoms with van der Waals surface area (Å²) in [6, 6.07) is 19.8. The van der Waals surface area contributed by atoms with Crippen LogP contribution in [-0.4, -0.2) is 32.9 Å². The van der Waals surface area contributed by atoms with Crippen LogP contribution in [0.25, 0.3) is 0 Å². The second-order valence-electron chi connectivity index (χ2n) is 9.71. The number of methoxy groups -OCH3 is 1. The predicted molar refractivity (Wildman–Crippen MR) is 152 cm³/mol. The SMILES string of the molecule is CCOc1cc(C2C(C#N)=C(N)Oc3cc(OC(=O)COc4ccccc4OC)ccc32)ccc1OCCC(C)C. The zero-order chi connectivity index (χ0) is 29.4. The summed E-state index contributed by atoms with van der Waals surface area (Å²) in [7, 11) is 1.52. The molecule has 9 nitrogen and oxygen atoms in total. The number of allylic oxidation sites excluding steroid dienone is 1. The monoisotopic (exact) mass is 558 g/mol. The Balaban J connectivity index is 1.56. The van der Waals surface area contributed by atoms with Crippen molar-refractivity contribution in [1.29, 1.82) is 5.26 Å². The summed E-state index contributed by atoms with van der Waals surface area (Å²) in [5, 5.41) is 9.96. The van der Waals surface area contributed by atoms with E-state index in [9.17, 15) is 10.1 Å². The highest BCUT2D eigenvalue weighted by Crippen LogP contribution is 2.45. The van der Waals surface area contributed by atoms with Crippen molar-refractivity contribution in [1.82, 2.24) is 0 Å². The number of carbonyl (C=O) groups is 1. The first-order chi connectivity index (χ1) is 19.8. The topological polar surface area (TPSA) is 122 Å². The van der Waals surface area contributed by atoms with Gasteiger partial charge in [0.2, 0.25) is 5.88 Å². The minimum atomic E-state index is -0.612. The molecule has 41 heavy (non-hydrogen) atoms. The van der Waals surface area contributed by atoms with Gasteiger partial charge in [0.25, 0.3) is 0 Å². The lowest BCUT2D eigenvalue weighted by Crippen LogP contribution is -2.22. The molecule has 0 aliphatic carbocycles. The van der Waals surface area contributed by atoms with Gasteiger partial charge in [-0.15, -0.1) is 0 Å². The Hall–Kier alpha value is -4.84. The lowest BCUT2D eigenvalue weighted by Gasteiger charge is -2.27. The summed E-state index contributed by atoms with van der Waals surface area (Å²) in [4.78, 5) is 12.5. The molecule has 0 bridgehead atoms. The molecular formula is C32H34N2O7. The van der Waals surface area contributed by atoms with Crippen LogP contribution in [0.3, 0.4) is 0 Å². The van der Waals surface area contributed by atoms with Gasteiger partial charge < -0.3 is 34.2 Å². The molecule has 1 unspecified atom stereocenters. The van der Waals surface area contributed by atoms with E-state index in [2.05, 4.69) is 19.9 Å². The fraction of sp³-hybridized carbons (Fsp3) is 0.312. The fourth-order valence-corrected chi connectivity index (χ4v) is 4.37. The van der Waals surface area contributed by atoms with Gasteiger partial charge >= 0.3 is 5.97 Å². The lowest BCUT2D eigenvalue weighted by atomic mass is 9.83. The van der Waals surface area contributed by atoms with E-state index in [1.54, 1.807) is 42.5 Å². The molecule has 1 aliphatic rings. The number of hydrogen-bond donors (Lipinski definition) is 1. The van der Waals surface area contributed by atoms with Crippen LogP contribution < -0.4 is 34.2 Å². The van der Waals surface area contributed by atoms with Crippen molar-refractivity contribution >= 4 is 5.97 Å². The van der Waals surface area contributed by atoms with Gasteiger partial charge in [0.15, 0.2) is 29.6 Å². The van der Waals surface area contributed by atoms with E-state index >= 15 is 0 Å². The third-order valence-electron chi connectivity index (χ3n) is 6.39. The molecule has 1 aliphatic heterocycles. The standard InChI is InChI=1S/C32H34N2O7/c1-5-37-29-16-21(10-13-27(29)38-15-14-20(2)3)31-23-12-11-22(17-28(23)41-32(34)24(31)18-33)40-30(35)19-39-26-9-7-6-8-25(26)36-4/h6-13,16-17,20,31H,5,14-15,19,34H2,1-4H3. The Bertz CT molecular complexity index is 1460. The number of nitrogens with two attached hydrogens (primary N) is 1. The third kappa shape index (κ3) is 7.03. The number of carbonyl (C=O) groups excluding carboxylic acids is 1. The van der Waals surface area contributed by atoms with E-state index in [-0.39, 0.29) is 23.8 Å². The van der Waals surface area contributed by atoms with Crippen LogP contribution >= 0.6 is 0 Å². The number of ether oxygens (including phenoxy) is 6. The van der Waals surface area contributed by atoms with E-state index in [4.69, 9.17) is 34.2 Å². The Morgan fingerprint density at radius 2 is 1.76 bits per heavy atom. The predicted octanol–water partition coefficient (Wildman–Crippen LogP) is 5.72. The highest BCUT2D eigenvalue weighted by Gasteiger charge is 2.32. The molecule has 3 aromatic carbocycles. The second kappa shape index (κ2) is 13.5. The number of fused-ring (bicyclic) bond motifs is 1. The Kier molecular flexibility index (Phi) is 9.59. The Morgan fingerprint density at radius 3 is 2.46 bits per heavy atom. The van der Waals surface area contributed by atoms with Gasteiger partial charge in [-0.1, -0.05) is 38.1 Å². The molecule has 0 saturated carbocycles. The molecule has 1 atom stereocenters. The van der Waals surface area contributed by atoms with Crippen molar-refractivity contribution in [3.8, 4) is 40.6 Å². The number of para-hydroxylation sites is 2. The lowest BCUT2D eigenvalue weighted by molar-refractivity contribution is -0.136. The molecule has 1 heterocycles. The number of rotatable bonds is 12. The van der Waals surface area contributed by atoms with Crippen molar-refractivity contribution in [2.45, 2.75) is 33.1 Å².